The van der Waals surface area contributed by atoms with E-state index in [4.69, 9.17) is 9.47 Å². The van der Waals surface area contributed by atoms with Crippen LogP contribution in [-0.2, 0) is 23.1 Å². The molecule has 0 aliphatic carbocycles. The largest absolute Gasteiger partial charge is 0.493 e. The quantitative estimate of drug-likeness (QED) is 0.159. The van der Waals surface area contributed by atoms with E-state index < -0.39 is 10.0 Å². The molecule has 6 nitrogen and oxygen atoms in total. The van der Waals surface area contributed by atoms with E-state index in [1.54, 1.807) is 6.07 Å². The van der Waals surface area contributed by atoms with Crippen LogP contribution >= 0.6 is 0 Å². The summed E-state index contributed by atoms with van der Waals surface area (Å²) < 4.78 is 38.5. The Labute approximate surface area is 238 Å². The second-order valence-corrected chi connectivity index (χ2v) is 11.7. The summed E-state index contributed by atoms with van der Waals surface area (Å²) in [5.74, 6) is 2.29. The second kappa shape index (κ2) is 13.9. The first-order chi connectivity index (χ1) is 19.3. The Hall–Kier alpha value is -3.97. The minimum Gasteiger partial charge on any atom is -0.493 e. The number of unbranched alkanes of at least 4 members (excludes halogenated alkanes) is 2. The number of hydrogen-bond acceptors (Lipinski definition) is 5. The molecule has 40 heavy (non-hydrogen) atoms. The summed E-state index contributed by atoms with van der Waals surface area (Å²) in [5.41, 5.74) is 4.70. The molecule has 0 saturated heterocycles. The number of anilines is 2. The lowest BCUT2D eigenvalue weighted by Crippen LogP contribution is -2.23. The fourth-order valence-corrected chi connectivity index (χ4v) is 5.12. The third kappa shape index (κ3) is 8.78. The molecule has 0 radical (unpaired) electrons. The van der Waals surface area contributed by atoms with Crippen molar-refractivity contribution in [2.45, 2.75) is 46.2 Å². The third-order valence-electron chi connectivity index (χ3n) is 6.51. The predicted molar refractivity (Wildman–Crippen MR) is 164 cm³/mol. The molecule has 0 spiro atoms. The monoisotopic (exact) mass is 558 g/mol. The van der Waals surface area contributed by atoms with Crippen molar-refractivity contribution >= 4 is 21.4 Å². The van der Waals surface area contributed by atoms with Crippen molar-refractivity contribution in [2.24, 2.45) is 0 Å². The Morgan fingerprint density at radius 3 is 2.12 bits per heavy atom. The van der Waals surface area contributed by atoms with Crippen LogP contribution in [0.15, 0.2) is 97.1 Å². The van der Waals surface area contributed by atoms with Crippen LogP contribution in [-0.4, -0.2) is 21.3 Å². The van der Waals surface area contributed by atoms with Crippen LogP contribution in [0, 0.1) is 6.92 Å². The lowest BCUT2D eigenvalue weighted by atomic mass is 10.1. The van der Waals surface area contributed by atoms with Crippen LogP contribution in [0.2, 0.25) is 0 Å². The second-order valence-electron chi connectivity index (χ2n) is 9.94. The fourth-order valence-electron chi connectivity index (χ4n) is 4.50. The average molecular weight is 559 g/mol. The Bertz CT molecular complexity index is 1470. The Kier molecular flexibility index (Phi) is 10.1. The summed E-state index contributed by atoms with van der Waals surface area (Å²) in [6.45, 7) is 6.14. The number of nitrogens with zero attached hydrogens (tertiary/aromatic N) is 1. The van der Waals surface area contributed by atoms with E-state index in [0.717, 1.165) is 46.9 Å². The Morgan fingerprint density at radius 1 is 0.750 bits per heavy atom. The standard InChI is InChI=1S/C33H38N2O4S/c1-4-5-9-22-38-30-14-10-15-31(23-30)39-29-20-18-28(19-21-29)25-35(24-27-12-7-6-8-13-27)33-17-11-16-32(26(33)2)34-40(3,36)37/h6-8,10-21,23,34H,4-5,9,22,24-25H2,1-3H3. The van der Waals surface area contributed by atoms with E-state index in [-0.39, 0.29) is 0 Å². The van der Waals surface area contributed by atoms with Gasteiger partial charge >= 0.3 is 0 Å². The molecule has 0 fully saturated rings. The molecule has 0 unspecified atom stereocenters. The zero-order chi connectivity index (χ0) is 28.4. The Balaban J connectivity index is 1.50. The molecular formula is C33H38N2O4S. The molecule has 0 amide bonds. The molecule has 0 atom stereocenters. The van der Waals surface area contributed by atoms with Crippen molar-refractivity contribution in [1.29, 1.82) is 0 Å². The highest BCUT2D eigenvalue weighted by atomic mass is 32.2. The van der Waals surface area contributed by atoms with E-state index in [1.807, 2.05) is 73.7 Å². The number of rotatable bonds is 14. The van der Waals surface area contributed by atoms with Crippen molar-refractivity contribution in [3.63, 3.8) is 0 Å². The molecule has 4 aromatic carbocycles. The van der Waals surface area contributed by atoms with Crippen molar-refractivity contribution in [3.05, 3.63) is 114 Å². The first-order valence-corrected chi connectivity index (χ1v) is 15.6. The summed E-state index contributed by atoms with van der Waals surface area (Å²) in [7, 11) is -3.39. The number of benzene rings is 4. The van der Waals surface area contributed by atoms with Crippen LogP contribution in [0.4, 0.5) is 11.4 Å². The van der Waals surface area contributed by atoms with E-state index >= 15 is 0 Å². The van der Waals surface area contributed by atoms with Crippen LogP contribution in [0.25, 0.3) is 0 Å². The first kappa shape index (κ1) is 29.0. The van der Waals surface area contributed by atoms with Gasteiger partial charge in [0.05, 0.1) is 18.6 Å². The molecular weight excluding hydrogens is 520 g/mol. The first-order valence-electron chi connectivity index (χ1n) is 13.7. The summed E-state index contributed by atoms with van der Waals surface area (Å²) in [5, 5.41) is 0. The molecule has 4 rings (SSSR count). The lowest BCUT2D eigenvalue weighted by Gasteiger charge is -2.28. The van der Waals surface area contributed by atoms with E-state index in [1.165, 1.54) is 18.2 Å². The highest BCUT2D eigenvalue weighted by molar-refractivity contribution is 7.92. The Morgan fingerprint density at radius 2 is 1.43 bits per heavy atom. The predicted octanol–water partition coefficient (Wildman–Crippen LogP) is 7.93. The van der Waals surface area contributed by atoms with Crippen molar-refractivity contribution in [2.75, 3.05) is 22.5 Å². The molecule has 7 heteroatoms. The van der Waals surface area contributed by atoms with Crippen LogP contribution in [0.5, 0.6) is 17.2 Å². The molecule has 0 saturated carbocycles. The van der Waals surface area contributed by atoms with Gasteiger partial charge in [-0.2, -0.15) is 0 Å². The zero-order valence-electron chi connectivity index (χ0n) is 23.5. The molecule has 0 aliphatic rings. The molecule has 1 N–H and O–H groups in total. The highest BCUT2D eigenvalue weighted by Gasteiger charge is 2.15. The maximum atomic E-state index is 11.9. The molecule has 210 valence electrons. The lowest BCUT2D eigenvalue weighted by molar-refractivity contribution is 0.305. The van der Waals surface area contributed by atoms with E-state index in [9.17, 15) is 8.42 Å². The summed E-state index contributed by atoms with van der Waals surface area (Å²) in [4.78, 5) is 2.26. The third-order valence-corrected chi connectivity index (χ3v) is 7.10. The summed E-state index contributed by atoms with van der Waals surface area (Å²) >= 11 is 0. The average Bonchev–Trinajstić information content (AvgIpc) is 2.93. The van der Waals surface area contributed by atoms with Crippen LogP contribution in [0.3, 0.4) is 0 Å². The SMILES string of the molecule is CCCCCOc1cccc(Oc2ccc(CN(Cc3ccccc3)c3cccc(NS(C)(=O)=O)c3C)cc2)c1. The van der Waals surface area contributed by atoms with Crippen LogP contribution in [0.1, 0.15) is 42.9 Å². The van der Waals surface area contributed by atoms with Gasteiger partial charge in [0, 0.05) is 24.8 Å². The number of sulfonamides is 1. The van der Waals surface area contributed by atoms with E-state index in [0.29, 0.717) is 25.4 Å². The number of hydrogen-bond donors (Lipinski definition) is 1. The topological polar surface area (TPSA) is 67.9 Å². The molecule has 4 aromatic rings. The number of nitrogens with one attached hydrogen (secondary N) is 1. The highest BCUT2D eigenvalue weighted by Crippen LogP contribution is 2.31. The smallest absolute Gasteiger partial charge is 0.229 e. The summed E-state index contributed by atoms with van der Waals surface area (Å²) in [6.07, 6.45) is 4.54. The number of ether oxygens (including phenoxy) is 2. The normalized spacial score (nSPS) is 11.2. The van der Waals surface area contributed by atoms with Crippen molar-refractivity contribution < 1.29 is 17.9 Å². The zero-order valence-corrected chi connectivity index (χ0v) is 24.3. The summed E-state index contributed by atoms with van der Waals surface area (Å²) in [6, 6.07) is 31.8. The van der Waals surface area contributed by atoms with Gasteiger partial charge in [0.1, 0.15) is 17.2 Å². The molecule has 0 aliphatic heterocycles. The van der Waals surface area contributed by atoms with Gasteiger partial charge in [-0.25, -0.2) is 8.42 Å². The van der Waals surface area contributed by atoms with Gasteiger partial charge < -0.3 is 14.4 Å². The van der Waals surface area contributed by atoms with E-state index in [2.05, 4.69) is 40.8 Å². The molecule has 0 aromatic heterocycles. The van der Waals surface area contributed by atoms with Gasteiger partial charge in [-0.15, -0.1) is 0 Å². The maximum Gasteiger partial charge on any atom is 0.229 e. The minimum absolute atomic E-state index is 0.582. The molecule has 0 bridgehead atoms. The van der Waals surface area contributed by atoms with Gasteiger partial charge in [-0.1, -0.05) is 74.4 Å². The van der Waals surface area contributed by atoms with Crippen molar-refractivity contribution in [3.8, 4) is 17.2 Å². The maximum absolute atomic E-state index is 11.9. The molecule has 0 heterocycles. The van der Waals surface area contributed by atoms with Crippen LogP contribution < -0.4 is 19.1 Å². The van der Waals surface area contributed by atoms with Gasteiger partial charge in [0.15, 0.2) is 0 Å². The van der Waals surface area contributed by atoms with Gasteiger partial charge in [-0.05, 0) is 66.4 Å². The van der Waals surface area contributed by atoms with Gasteiger partial charge in [0.2, 0.25) is 10.0 Å². The minimum atomic E-state index is -3.39. The van der Waals surface area contributed by atoms with Gasteiger partial charge in [-0.3, -0.25) is 4.72 Å². The van der Waals surface area contributed by atoms with Gasteiger partial charge in [0.25, 0.3) is 0 Å². The fraction of sp³-hybridized carbons (Fsp3) is 0.273. The van der Waals surface area contributed by atoms with Crippen molar-refractivity contribution in [1.82, 2.24) is 0 Å².